The van der Waals surface area contributed by atoms with Crippen LogP contribution in [0.15, 0.2) is 28.0 Å². The van der Waals surface area contributed by atoms with Crippen molar-refractivity contribution in [3.63, 3.8) is 0 Å². The first-order chi connectivity index (χ1) is 9.03. The molecular formula is C10H8NO7S2. The van der Waals surface area contributed by atoms with Gasteiger partial charge in [-0.3, -0.25) is 9.11 Å². The number of phenolic OH excluding ortho intramolecular Hbond substituents is 1. The van der Waals surface area contributed by atoms with E-state index in [9.17, 15) is 21.9 Å². The Kier molecular flexibility index (Phi) is 3.13. The fraction of sp³-hybridized carbons (Fsp3) is 0. The minimum Gasteiger partial charge on any atom is -0.506 e. The summed E-state index contributed by atoms with van der Waals surface area (Å²) in [6, 6.07) is 6.15. The van der Waals surface area contributed by atoms with Crippen LogP contribution in [0.3, 0.4) is 0 Å². The van der Waals surface area contributed by atoms with Crippen LogP contribution in [0.1, 0.15) is 0 Å². The molecule has 0 aromatic heterocycles. The first-order valence-electron chi connectivity index (χ1n) is 4.95. The van der Waals surface area contributed by atoms with Gasteiger partial charge in [0.25, 0.3) is 20.2 Å². The lowest BCUT2D eigenvalue weighted by molar-refractivity contribution is 0.435. The van der Waals surface area contributed by atoms with Crippen LogP contribution in [-0.4, -0.2) is 31.0 Å². The Bertz CT molecular complexity index is 916. The molecule has 0 spiro atoms. The van der Waals surface area contributed by atoms with Crippen LogP contribution in [-0.2, 0) is 20.2 Å². The number of fused-ring (bicyclic) bond motifs is 1. The summed E-state index contributed by atoms with van der Waals surface area (Å²) in [6.45, 7) is 0. The van der Waals surface area contributed by atoms with Gasteiger partial charge in [0.2, 0.25) is 0 Å². The zero-order valence-electron chi connectivity index (χ0n) is 9.60. The van der Waals surface area contributed by atoms with Crippen LogP contribution in [0.5, 0.6) is 5.75 Å². The summed E-state index contributed by atoms with van der Waals surface area (Å²) in [5.74, 6) is -1.08. The summed E-state index contributed by atoms with van der Waals surface area (Å²) in [7, 11) is -10.2. The summed E-state index contributed by atoms with van der Waals surface area (Å²) < 4.78 is 62.9. The quantitative estimate of drug-likeness (QED) is 0.458. The van der Waals surface area contributed by atoms with Crippen LogP contribution in [0, 0.1) is 6.07 Å². The fourth-order valence-electron chi connectivity index (χ4n) is 1.76. The lowest BCUT2D eigenvalue weighted by Gasteiger charge is -2.11. The summed E-state index contributed by atoms with van der Waals surface area (Å²) in [6.07, 6.45) is 0. The van der Waals surface area contributed by atoms with E-state index in [1.807, 2.05) is 0 Å². The summed E-state index contributed by atoms with van der Waals surface area (Å²) in [5, 5.41) is 9.65. The Hall–Kier alpha value is -1.88. The highest BCUT2D eigenvalue weighted by Gasteiger charge is 2.30. The molecule has 1 radical (unpaired) electrons. The van der Waals surface area contributed by atoms with Crippen molar-refractivity contribution in [3.8, 4) is 5.75 Å². The minimum atomic E-state index is -5.13. The number of aromatic hydroxyl groups is 1. The van der Waals surface area contributed by atoms with Crippen LogP contribution < -0.4 is 5.73 Å². The van der Waals surface area contributed by atoms with E-state index in [0.29, 0.717) is 0 Å². The van der Waals surface area contributed by atoms with Gasteiger partial charge in [0.15, 0.2) is 4.90 Å². The Morgan fingerprint density at radius 3 is 2.15 bits per heavy atom. The molecule has 2 rings (SSSR count). The number of nitrogen functional groups attached to an aromatic ring is 1. The predicted octanol–water partition coefficient (Wildman–Crippen LogP) is 0.421. The molecule has 5 N–H and O–H groups in total. The second kappa shape index (κ2) is 4.31. The van der Waals surface area contributed by atoms with Crippen molar-refractivity contribution in [2.45, 2.75) is 9.79 Å². The third-order valence-electron chi connectivity index (χ3n) is 2.52. The van der Waals surface area contributed by atoms with Crippen molar-refractivity contribution in [1.29, 1.82) is 0 Å². The zero-order chi connectivity index (χ0) is 15.3. The highest BCUT2D eigenvalue weighted by Crippen LogP contribution is 2.39. The van der Waals surface area contributed by atoms with E-state index in [2.05, 4.69) is 6.07 Å². The van der Waals surface area contributed by atoms with Crippen molar-refractivity contribution in [2.24, 2.45) is 0 Å². The van der Waals surface area contributed by atoms with Gasteiger partial charge in [0.1, 0.15) is 10.6 Å². The maximum absolute atomic E-state index is 11.2. The summed E-state index contributed by atoms with van der Waals surface area (Å²) in [4.78, 5) is -2.62. The van der Waals surface area contributed by atoms with E-state index in [1.54, 1.807) is 0 Å². The van der Waals surface area contributed by atoms with Crippen LogP contribution in [0.2, 0.25) is 0 Å². The molecule has 0 fully saturated rings. The van der Waals surface area contributed by atoms with Crippen molar-refractivity contribution < 1.29 is 31.0 Å². The molecule has 8 nitrogen and oxygen atoms in total. The van der Waals surface area contributed by atoms with Gasteiger partial charge in [-0.2, -0.15) is 16.8 Å². The molecule has 0 unspecified atom stereocenters. The maximum atomic E-state index is 11.2. The second-order valence-electron chi connectivity index (χ2n) is 3.85. The smallest absolute Gasteiger partial charge is 0.299 e. The minimum absolute atomic E-state index is 0.0393. The third kappa shape index (κ3) is 2.29. The normalized spacial score (nSPS) is 12.7. The molecule has 0 aliphatic rings. The predicted molar refractivity (Wildman–Crippen MR) is 68.5 cm³/mol. The second-order valence-corrected chi connectivity index (χ2v) is 6.57. The molecule has 107 valence electrons. The van der Waals surface area contributed by atoms with E-state index in [4.69, 9.17) is 14.8 Å². The molecule has 0 aliphatic heterocycles. The molecule has 2 aromatic carbocycles. The number of benzene rings is 2. The lowest BCUT2D eigenvalue weighted by Crippen LogP contribution is -2.09. The van der Waals surface area contributed by atoms with Gasteiger partial charge >= 0.3 is 0 Å². The molecule has 10 heteroatoms. The van der Waals surface area contributed by atoms with Crippen molar-refractivity contribution in [2.75, 3.05) is 5.73 Å². The number of rotatable bonds is 2. The van der Waals surface area contributed by atoms with E-state index in [0.717, 1.165) is 0 Å². The SMILES string of the molecule is Nc1cccc2[c]c(S(=O)(=O)O)c(S(=O)(=O)O)c(O)c12. The molecule has 0 atom stereocenters. The van der Waals surface area contributed by atoms with Crippen LogP contribution in [0.25, 0.3) is 10.8 Å². The number of nitrogens with two attached hydrogens (primary N) is 1. The van der Waals surface area contributed by atoms with E-state index >= 15 is 0 Å². The highest BCUT2D eigenvalue weighted by atomic mass is 32.2. The molecule has 0 heterocycles. The zero-order valence-corrected chi connectivity index (χ0v) is 11.2. The lowest BCUT2D eigenvalue weighted by atomic mass is 10.1. The van der Waals surface area contributed by atoms with Gasteiger partial charge in [0, 0.05) is 17.1 Å². The van der Waals surface area contributed by atoms with Crippen molar-refractivity contribution in [1.82, 2.24) is 0 Å². The highest BCUT2D eigenvalue weighted by molar-refractivity contribution is 7.89. The maximum Gasteiger partial charge on any atom is 0.299 e. The number of anilines is 1. The molecule has 20 heavy (non-hydrogen) atoms. The van der Waals surface area contributed by atoms with Crippen molar-refractivity contribution in [3.05, 3.63) is 24.3 Å². The summed E-state index contributed by atoms with van der Waals surface area (Å²) >= 11 is 0. The average molecular weight is 318 g/mol. The van der Waals surface area contributed by atoms with Gasteiger partial charge in [-0.25, -0.2) is 0 Å². The van der Waals surface area contributed by atoms with Gasteiger partial charge in [-0.1, -0.05) is 12.1 Å². The molecule has 0 amide bonds. The van der Waals surface area contributed by atoms with Gasteiger partial charge in [0.05, 0.1) is 0 Å². The Labute approximate surface area is 114 Å². The Morgan fingerprint density at radius 1 is 1.05 bits per heavy atom. The van der Waals surface area contributed by atoms with Gasteiger partial charge in [-0.15, -0.1) is 0 Å². The summed E-state index contributed by atoms with van der Waals surface area (Å²) in [5.41, 5.74) is 5.51. The van der Waals surface area contributed by atoms with Gasteiger partial charge in [-0.05, 0) is 11.5 Å². The standard InChI is InChI=1S/C10H8NO7S2/c11-6-3-1-2-5-4-7(19(13,14)15)10(20(16,17)18)9(12)8(5)6/h1-3,12H,11H2,(H,13,14,15)(H,16,17,18). The number of phenols is 1. The van der Waals surface area contributed by atoms with Crippen LogP contribution in [0.4, 0.5) is 5.69 Å². The molecule has 0 bridgehead atoms. The monoisotopic (exact) mass is 318 g/mol. The average Bonchev–Trinajstić information content (AvgIpc) is 2.25. The Morgan fingerprint density at radius 2 is 1.65 bits per heavy atom. The number of hydrogen-bond donors (Lipinski definition) is 4. The molecule has 2 aromatic rings. The fourth-order valence-corrected chi connectivity index (χ4v) is 3.59. The van der Waals surface area contributed by atoms with E-state index in [1.165, 1.54) is 18.2 Å². The third-order valence-corrected chi connectivity index (χ3v) is 4.38. The first-order valence-corrected chi connectivity index (χ1v) is 7.83. The molecule has 0 saturated heterocycles. The largest absolute Gasteiger partial charge is 0.506 e. The number of hydrogen-bond acceptors (Lipinski definition) is 6. The topological polar surface area (TPSA) is 155 Å². The van der Waals surface area contributed by atoms with Crippen molar-refractivity contribution >= 4 is 36.7 Å². The van der Waals surface area contributed by atoms with E-state index in [-0.39, 0.29) is 16.5 Å². The van der Waals surface area contributed by atoms with E-state index < -0.39 is 35.8 Å². The van der Waals surface area contributed by atoms with Gasteiger partial charge < -0.3 is 10.8 Å². The molecule has 0 saturated carbocycles. The molecule has 0 aliphatic carbocycles. The van der Waals surface area contributed by atoms with Crippen LogP contribution >= 0.6 is 0 Å². The molecular weight excluding hydrogens is 310 g/mol. The first kappa shape index (κ1) is 14.5. The Balaban J connectivity index is 3.17.